The minimum Gasteiger partial charge on any atom is -0.478 e. The number of ether oxygens (including phenoxy) is 2. The number of piperazine rings is 1. The molecule has 3 aliphatic heterocycles. The van der Waals surface area contributed by atoms with Crippen LogP contribution in [0.2, 0.25) is 5.02 Å². The number of rotatable bonds is 5. The molecule has 0 spiro atoms. The summed E-state index contributed by atoms with van der Waals surface area (Å²) in [6.45, 7) is 3.99. The number of fused-ring (bicyclic) bond motifs is 1. The molecule has 232 valence electrons. The first kappa shape index (κ1) is 30.0. The Kier molecular flexibility index (Phi) is 7.75. The van der Waals surface area contributed by atoms with Gasteiger partial charge in [-0.05, 0) is 68.9 Å². The van der Waals surface area contributed by atoms with Gasteiger partial charge in [-0.25, -0.2) is 9.18 Å². The van der Waals surface area contributed by atoms with E-state index in [4.69, 9.17) is 21.1 Å². The maximum Gasteiger partial charge on any atom is 0.420 e. The second kappa shape index (κ2) is 11.1. The Labute approximate surface area is 251 Å². The fraction of sp³-hybridized carbons (Fsp3) is 0.533. The molecule has 1 aliphatic carbocycles. The third-order valence-corrected chi connectivity index (χ3v) is 9.34. The number of hydrogen-bond acceptors (Lipinski definition) is 6. The lowest BCUT2D eigenvalue weighted by Crippen LogP contribution is -2.61. The van der Waals surface area contributed by atoms with E-state index in [0.29, 0.717) is 44.8 Å². The number of amides is 1. The van der Waals surface area contributed by atoms with Gasteiger partial charge < -0.3 is 24.4 Å². The molecule has 8 nitrogen and oxygen atoms in total. The molecular weight excluding hydrogens is 594 g/mol. The molecule has 3 atom stereocenters. The zero-order valence-corrected chi connectivity index (χ0v) is 24.3. The van der Waals surface area contributed by atoms with Crippen LogP contribution in [-0.2, 0) is 22.3 Å². The normalized spacial score (nSPS) is 26.6. The molecule has 2 saturated heterocycles. The van der Waals surface area contributed by atoms with Crippen LogP contribution in [0, 0.1) is 11.7 Å². The number of carbonyl (C=O) groups excluding carboxylic acids is 1. The zero-order valence-electron chi connectivity index (χ0n) is 23.5. The van der Waals surface area contributed by atoms with Gasteiger partial charge in [-0.2, -0.15) is 13.2 Å². The van der Waals surface area contributed by atoms with Crippen LogP contribution in [0.25, 0.3) is 0 Å². The van der Waals surface area contributed by atoms with Crippen molar-refractivity contribution in [2.45, 2.75) is 63.0 Å². The quantitative estimate of drug-likeness (QED) is 0.445. The number of halogens is 5. The predicted octanol–water partition coefficient (Wildman–Crippen LogP) is 5.41. The first-order valence-corrected chi connectivity index (χ1v) is 14.7. The van der Waals surface area contributed by atoms with Crippen molar-refractivity contribution in [3.05, 3.63) is 57.9 Å². The highest BCUT2D eigenvalue weighted by atomic mass is 35.5. The molecular formula is C30H32ClF4N3O5. The van der Waals surface area contributed by atoms with Crippen molar-refractivity contribution in [1.82, 2.24) is 9.80 Å². The summed E-state index contributed by atoms with van der Waals surface area (Å²) >= 11 is 5.99. The summed E-state index contributed by atoms with van der Waals surface area (Å²) < 4.78 is 66.6. The van der Waals surface area contributed by atoms with Gasteiger partial charge in [-0.3, -0.25) is 9.69 Å². The predicted molar refractivity (Wildman–Crippen MR) is 149 cm³/mol. The van der Waals surface area contributed by atoms with Crippen LogP contribution in [0.4, 0.5) is 23.2 Å². The van der Waals surface area contributed by atoms with Crippen molar-refractivity contribution in [2.75, 3.05) is 37.9 Å². The van der Waals surface area contributed by atoms with E-state index in [9.17, 15) is 32.3 Å². The Morgan fingerprint density at radius 2 is 1.88 bits per heavy atom. The third kappa shape index (κ3) is 5.64. The average Bonchev–Trinajstić information content (AvgIpc) is 3.82. The molecule has 6 rings (SSSR count). The number of benzene rings is 2. The van der Waals surface area contributed by atoms with E-state index in [0.717, 1.165) is 18.9 Å². The number of anilines is 1. The first-order valence-electron chi connectivity index (χ1n) is 14.4. The maximum atomic E-state index is 13.9. The zero-order chi connectivity index (χ0) is 30.7. The molecule has 3 unspecified atom stereocenters. The van der Waals surface area contributed by atoms with Crippen molar-refractivity contribution in [1.29, 1.82) is 0 Å². The minimum absolute atomic E-state index is 0.0246. The highest BCUT2D eigenvalue weighted by molar-refractivity contribution is 6.30. The third-order valence-electron chi connectivity index (χ3n) is 9.12. The Morgan fingerprint density at radius 1 is 1.12 bits per heavy atom. The highest BCUT2D eigenvalue weighted by Gasteiger charge is 2.56. The van der Waals surface area contributed by atoms with E-state index >= 15 is 0 Å². The summed E-state index contributed by atoms with van der Waals surface area (Å²) in [7, 11) is 0. The van der Waals surface area contributed by atoms with E-state index in [1.807, 2.05) is 6.92 Å². The van der Waals surface area contributed by atoms with E-state index in [-0.39, 0.29) is 59.1 Å². The van der Waals surface area contributed by atoms with E-state index in [1.54, 1.807) is 6.07 Å². The maximum absolute atomic E-state index is 13.9. The number of nitrogens with zero attached hydrogens (tertiary/aromatic N) is 3. The van der Waals surface area contributed by atoms with Crippen molar-refractivity contribution in [3.8, 4) is 5.75 Å². The standard InChI is InChI=1S/C30H32ClF4N3O5/c1-17-13-36(8-9-38(17)21-4-5-25(32)23(12-21)27(39)40)22-6-7-29(43-15-22,19-2-3-19)28(41)37-14-18-10-20(31)11-24(30(33,34)35)26(18)42-16-37/h4-5,10-12,17,19,22H,2-3,6-9,13-16H2,1H3,(H,39,40). The summed E-state index contributed by atoms with van der Waals surface area (Å²) in [6, 6.07) is 6.47. The summed E-state index contributed by atoms with van der Waals surface area (Å²) in [5, 5.41) is 9.23. The second-order valence-electron chi connectivity index (χ2n) is 11.9. The summed E-state index contributed by atoms with van der Waals surface area (Å²) in [4.78, 5) is 31.1. The number of carboxylic acid groups (broad SMARTS) is 1. The van der Waals surface area contributed by atoms with Crippen LogP contribution >= 0.6 is 11.6 Å². The van der Waals surface area contributed by atoms with Gasteiger partial charge in [0.2, 0.25) is 0 Å². The molecule has 3 heterocycles. The van der Waals surface area contributed by atoms with Gasteiger partial charge in [0.05, 0.1) is 24.3 Å². The summed E-state index contributed by atoms with van der Waals surface area (Å²) in [5.74, 6) is -2.60. The molecule has 2 aromatic rings. The fourth-order valence-electron chi connectivity index (χ4n) is 6.78. The molecule has 0 radical (unpaired) electrons. The first-order chi connectivity index (χ1) is 20.4. The van der Waals surface area contributed by atoms with Crippen LogP contribution in [0.1, 0.15) is 54.1 Å². The second-order valence-corrected chi connectivity index (χ2v) is 12.3. The fourth-order valence-corrected chi connectivity index (χ4v) is 7.02. The Balaban J connectivity index is 1.12. The molecule has 2 aromatic carbocycles. The largest absolute Gasteiger partial charge is 0.478 e. The SMILES string of the molecule is CC1CN(C2CCC(C(=O)N3COc4c(cc(Cl)cc4C(F)(F)F)C3)(C3CC3)OC2)CCN1c1ccc(F)c(C(=O)O)c1. The van der Waals surface area contributed by atoms with Gasteiger partial charge >= 0.3 is 12.1 Å². The van der Waals surface area contributed by atoms with Gasteiger partial charge in [0, 0.05) is 48.0 Å². The van der Waals surface area contributed by atoms with Crippen LogP contribution in [0.3, 0.4) is 0 Å². The van der Waals surface area contributed by atoms with Crippen molar-refractivity contribution in [2.24, 2.45) is 5.92 Å². The summed E-state index contributed by atoms with van der Waals surface area (Å²) in [5.41, 5.74) is -1.50. The molecule has 43 heavy (non-hydrogen) atoms. The molecule has 4 aliphatic rings. The molecule has 3 fully saturated rings. The van der Waals surface area contributed by atoms with E-state index in [2.05, 4.69) is 9.80 Å². The van der Waals surface area contributed by atoms with Crippen molar-refractivity contribution in [3.63, 3.8) is 0 Å². The van der Waals surface area contributed by atoms with Crippen LogP contribution in [-0.4, -0.2) is 77.4 Å². The number of alkyl halides is 3. The lowest BCUT2D eigenvalue weighted by atomic mass is 9.85. The van der Waals surface area contributed by atoms with Gasteiger partial charge in [0.15, 0.2) is 6.73 Å². The minimum atomic E-state index is -4.64. The Bertz CT molecular complexity index is 1430. The van der Waals surface area contributed by atoms with Gasteiger partial charge in [0.25, 0.3) is 5.91 Å². The smallest absolute Gasteiger partial charge is 0.420 e. The molecule has 1 amide bonds. The molecule has 1 saturated carbocycles. The highest BCUT2D eigenvalue weighted by Crippen LogP contribution is 2.49. The topological polar surface area (TPSA) is 82.6 Å². The average molecular weight is 626 g/mol. The van der Waals surface area contributed by atoms with Gasteiger partial charge in [-0.1, -0.05) is 11.6 Å². The monoisotopic (exact) mass is 625 g/mol. The van der Waals surface area contributed by atoms with E-state index in [1.165, 1.54) is 23.1 Å². The van der Waals surface area contributed by atoms with Crippen LogP contribution < -0.4 is 9.64 Å². The number of aromatic carboxylic acids is 1. The molecule has 0 aromatic heterocycles. The lowest BCUT2D eigenvalue weighted by molar-refractivity contribution is -0.180. The summed E-state index contributed by atoms with van der Waals surface area (Å²) in [6.07, 6.45) is -1.75. The van der Waals surface area contributed by atoms with Crippen LogP contribution in [0.15, 0.2) is 30.3 Å². The molecule has 0 bridgehead atoms. The van der Waals surface area contributed by atoms with Crippen LogP contribution in [0.5, 0.6) is 5.75 Å². The molecule has 1 N–H and O–H groups in total. The number of carbonyl (C=O) groups is 2. The Morgan fingerprint density at radius 3 is 2.51 bits per heavy atom. The van der Waals surface area contributed by atoms with Gasteiger partial charge in [-0.15, -0.1) is 0 Å². The number of carboxylic acids is 1. The van der Waals surface area contributed by atoms with Crippen molar-refractivity contribution < 1.29 is 41.7 Å². The van der Waals surface area contributed by atoms with Gasteiger partial charge in [0.1, 0.15) is 17.2 Å². The van der Waals surface area contributed by atoms with Crippen molar-refractivity contribution >= 4 is 29.2 Å². The molecule has 13 heteroatoms. The van der Waals surface area contributed by atoms with E-state index < -0.39 is 29.1 Å². The lowest BCUT2D eigenvalue weighted by Gasteiger charge is -2.48. The number of hydrogen-bond donors (Lipinski definition) is 1. The Hall–Kier alpha value is -3.09.